The number of fused-ring (bicyclic) bond motifs is 1. The van der Waals surface area contributed by atoms with E-state index in [-0.39, 0.29) is 42.0 Å². The number of hydrogen-bond donors (Lipinski definition) is 3. The van der Waals surface area contributed by atoms with Gasteiger partial charge in [0, 0.05) is 49.2 Å². The molecule has 3 N–H and O–H groups in total. The van der Waals surface area contributed by atoms with Gasteiger partial charge in [0.15, 0.2) is 5.13 Å². The van der Waals surface area contributed by atoms with E-state index in [0.717, 1.165) is 28.1 Å². The Hall–Kier alpha value is -3.93. The topological polar surface area (TPSA) is 113 Å². The summed E-state index contributed by atoms with van der Waals surface area (Å²) in [5, 5.41) is 9.89. The van der Waals surface area contributed by atoms with Gasteiger partial charge < -0.3 is 20.7 Å². The van der Waals surface area contributed by atoms with Gasteiger partial charge in [-0.05, 0) is 74.8 Å². The number of likely N-dealkylation sites (tertiary alicyclic amines) is 1. The lowest BCUT2D eigenvalue weighted by molar-refractivity contribution is -0.140. The number of rotatable bonds is 6. The van der Waals surface area contributed by atoms with E-state index >= 15 is 0 Å². The third-order valence-corrected chi connectivity index (χ3v) is 10.5. The third kappa shape index (κ3) is 8.14. The van der Waals surface area contributed by atoms with Crippen molar-refractivity contribution in [1.82, 2.24) is 20.5 Å². The highest BCUT2D eigenvalue weighted by atomic mass is 32.1. The van der Waals surface area contributed by atoms with E-state index in [0.29, 0.717) is 63.5 Å². The molecule has 0 radical (unpaired) electrons. The van der Waals surface area contributed by atoms with Crippen LogP contribution in [0.15, 0.2) is 66.7 Å². The molecule has 3 aliphatic rings. The molecule has 3 aromatic rings. The second kappa shape index (κ2) is 14.9. The minimum Gasteiger partial charge on any atom is -0.381 e. The van der Waals surface area contributed by atoms with Crippen LogP contribution >= 0.6 is 11.3 Å². The van der Waals surface area contributed by atoms with Crippen LogP contribution in [0.5, 0.6) is 0 Å². The Labute approximate surface area is 279 Å². The maximum Gasteiger partial charge on any atom is 0.243 e. The fourth-order valence-electron chi connectivity index (χ4n) is 6.89. The molecule has 0 aliphatic carbocycles. The lowest BCUT2D eigenvalue weighted by atomic mass is 9.75. The summed E-state index contributed by atoms with van der Waals surface area (Å²) in [6.45, 7) is 4.48. The monoisotopic (exact) mass is 659 g/mol. The number of anilines is 1. The van der Waals surface area contributed by atoms with Crippen LogP contribution in [0.1, 0.15) is 42.5 Å². The molecule has 3 aliphatic heterocycles. The van der Waals surface area contributed by atoms with Gasteiger partial charge in [-0.3, -0.25) is 19.3 Å². The first kappa shape index (κ1) is 33.0. The lowest BCUT2D eigenvalue weighted by Gasteiger charge is -2.40. The van der Waals surface area contributed by atoms with Gasteiger partial charge >= 0.3 is 0 Å². The van der Waals surface area contributed by atoms with Gasteiger partial charge in [-0.2, -0.15) is 0 Å². The highest BCUT2D eigenvalue weighted by Gasteiger charge is 2.41. The number of piperidine rings is 1. The predicted molar refractivity (Wildman–Crippen MR) is 180 cm³/mol. The van der Waals surface area contributed by atoms with Crippen LogP contribution in [0, 0.1) is 24.1 Å². The van der Waals surface area contributed by atoms with Crippen LogP contribution in [0.3, 0.4) is 0 Å². The number of aromatic nitrogens is 1. The van der Waals surface area contributed by atoms with Crippen molar-refractivity contribution in [3.05, 3.63) is 83.0 Å². The zero-order chi connectivity index (χ0) is 32.8. The number of benzene rings is 2. The zero-order valence-corrected chi connectivity index (χ0v) is 27.5. The van der Waals surface area contributed by atoms with E-state index in [1.165, 1.54) is 23.5 Å². The van der Waals surface area contributed by atoms with Crippen molar-refractivity contribution in [3.63, 3.8) is 0 Å². The van der Waals surface area contributed by atoms with Crippen molar-refractivity contribution >= 4 is 34.2 Å². The Balaban J connectivity index is 1.14. The van der Waals surface area contributed by atoms with Crippen molar-refractivity contribution in [3.8, 4) is 11.3 Å². The summed E-state index contributed by atoms with van der Waals surface area (Å²) >= 11 is 1.40. The van der Waals surface area contributed by atoms with Gasteiger partial charge in [0.2, 0.25) is 17.7 Å². The molecule has 1 aromatic heterocycles. The van der Waals surface area contributed by atoms with Gasteiger partial charge in [-0.25, -0.2) is 9.37 Å². The first-order chi connectivity index (χ1) is 22.8. The Morgan fingerprint density at radius 3 is 2.62 bits per heavy atom. The van der Waals surface area contributed by atoms with Crippen molar-refractivity contribution < 1.29 is 23.5 Å². The average molecular weight is 660 g/mol. The van der Waals surface area contributed by atoms with Crippen LogP contribution in [-0.4, -0.2) is 72.5 Å². The van der Waals surface area contributed by atoms with Crippen LogP contribution < -0.4 is 16.0 Å². The van der Waals surface area contributed by atoms with Gasteiger partial charge in [0.1, 0.15) is 11.9 Å². The molecular weight excluding hydrogens is 617 g/mol. The van der Waals surface area contributed by atoms with Gasteiger partial charge in [0.05, 0.1) is 17.7 Å². The largest absolute Gasteiger partial charge is 0.381 e. The van der Waals surface area contributed by atoms with Crippen molar-refractivity contribution in [2.24, 2.45) is 11.3 Å². The van der Waals surface area contributed by atoms with Crippen LogP contribution in [0.4, 0.5) is 9.52 Å². The first-order valence-corrected chi connectivity index (χ1v) is 17.2. The second-order valence-corrected chi connectivity index (χ2v) is 14.1. The first-order valence-electron chi connectivity index (χ1n) is 16.4. The quantitative estimate of drug-likeness (QED) is 0.326. The smallest absolute Gasteiger partial charge is 0.243 e. The number of carbonyl (C=O) groups excluding carboxylic acids is 3. The Morgan fingerprint density at radius 1 is 1.09 bits per heavy atom. The highest BCUT2D eigenvalue weighted by Crippen LogP contribution is 2.36. The van der Waals surface area contributed by atoms with E-state index in [2.05, 4.69) is 38.0 Å². The normalized spacial score (nSPS) is 23.6. The van der Waals surface area contributed by atoms with E-state index in [1.807, 2.05) is 37.3 Å². The molecule has 0 saturated carbocycles. The molecule has 0 unspecified atom stereocenters. The van der Waals surface area contributed by atoms with Crippen LogP contribution in [-0.2, 0) is 25.5 Å². The Bertz CT molecular complexity index is 1590. The zero-order valence-electron chi connectivity index (χ0n) is 26.7. The molecule has 248 valence electrons. The fraction of sp³-hybridized carbons (Fsp3) is 0.444. The maximum atomic E-state index is 13.8. The highest BCUT2D eigenvalue weighted by molar-refractivity contribution is 7.16. The third-order valence-electron chi connectivity index (χ3n) is 9.62. The van der Waals surface area contributed by atoms with Gasteiger partial charge in [-0.1, -0.05) is 42.5 Å². The second-order valence-electron chi connectivity index (χ2n) is 12.9. The van der Waals surface area contributed by atoms with Crippen molar-refractivity contribution in [1.29, 1.82) is 0 Å². The molecule has 0 bridgehead atoms. The number of halogens is 1. The van der Waals surface area contributed by atoms with E-state index in [1.54, 1.807) is 12.1 Å². The molecule has 2 saturated heterocycles. The summed E-state index contributed by atoms with van der Waals surface area (Å²) in [4.78, 5) is 48.4. The van der Waals surface area contributed by atoms with Gasteiger partial charge in [-0.15, -0.1) is 11.3 Å². The van der Waals surface area contributed by atoms with Crippen LogP contribution in [0.2, 0.25) is 0 Å². The number of aryl methyl sites for hydroxylation is 1. The van der Waals surface area contributed by atoms with Crippen molar-refractivity contribution in [2.45, 2.75) is 57.5 Å². The summed E-state index contributed by atoms with van der Waals surface area (Å²) < 4.78 is 19.0. The standard InChI is InChI=1S/C36H42FN5O4S/c1-24-32(26-10-12-28(37)13-11-26)41-35(47-24)40-31(43)23-42-18-14-29-27(22-42)9-5-6-15-36(16-19-46-20-17-36)34(45)39-30(33(44)38-29)21-25-7-3-2-4-8-25/h2-8,10-13,27,29-30H,9,14-23H2,1H3,(H,38,44)(H,39,45)(H,40,41,43)/t27-,29+,30+/m0/s1. The number of carbonyl (C=O) groups is 3. The lowest BCUT2D eigenvalue weighted by Crippen LogP contribution is -2.58. The SMILES string of the molecule is Cc1sc(NC(=O)CN2CC[C@H]3NC(=O)[C@@H](Cc4ccccc4)NC(=O)C4(CC=CC[C@H]3C2)CCOCC4)nc1-c1ccc(F)cc1. The van der Waals surface area contributed by atoms with Crippen LogP contribution in [0.25, 0.3) is 11.3 Å². The molecule has 6 rings (SSSR count). The number of ether oxygens (including phenoxy) is 1. The number of allylic oxidation sites excluding steroid dienone is 2. The number of amides is 3. The number of hydrogen-bond acceptors (Lipinski definition) is 7. The molecule has 9 nitrogen and oxygen atoms in total. The fourth-order valence-corrected chi connectivity index (χ4v) is 7.74. The minimum absolute atomic E-state index is 0.0836. The van der Waals surface area contributed by atoms with Gasteiger partial charge in [0.25, 0.3) is 0 Å². The Kier molecular flexibility index (Phi) is 10.4. The van der Waals surface area contributed by atoms with Crippen molar-refractivity contribution in [2.75, 3.05) is 38.2 Å². The molecule has 2 aromatic carbocycles. The minimum atomic E-state index is -0.695. The predicted octanol–water partition coefficient (Wildman–Crippen LogP) is 4.88. The maximum absolute atomic E-state index is 13.8. The molecule has 3 amide bonds. The summed E-state index contributed by atoms with van der Waals surface area (Å²) in [7, 11) is 0. The summed E-state index contributed by atoms with van der Waals surface area (Å²) in [5.41, 5.74) is 1.91. The molecule has 47 heavy (non-hydrogen) atoms. The summed E-state index contributed by atoms with van der Waals surface area (Å²) in [6.07, 6.45) is 7.90. The number of nitrogens with one attached hydrogen (secondary N) is 3. The number of nitrogens with zero attached hydrogens (tertiary/aromatic N) is 2. The molecule has 4 heterocycles. The molecule has 2 fully saturated rings. The Morgan fingerprint density at radius 2 is 1.85 bits per heavy atom. The molecule has 11 heteroatoms. The molecule has 1 spiro atoms. The summed E-state index contributed by atoms with van der Waals surface area (Å²) in [5.74, 6) is -0.617. The van der Waals surface area contributed by atoms with E-state index in [4.69, 9.17) is 4.74 Å². The molecular formula is C36H42FN5O4S. The summed E-state index contributed by atoms with van der Waals surface area (Å²) in [6, 6.07) is 15.2. The van der Waals surface area contributed by atoms with E-state index in [9.17, 15) is 18.8 Å². The molecule has 3 atom stereocenters. The number of thiazole rings is 1. The van der Waals surface area contributed by atoms with E-state index < -0.39 is 11.5 Å². The average Bonchev–Trinajstić information content (AvgIpc) is 3.43.